The van der Waals surface area contributed by atoms with Crippen LogP contribution in [0.25, 0.3) is 0 Å². The van der Waals surface area contributed by atoms with Crippen molar-refractivity contribution in [1.29, 1.82) is 0 Å². The smallest absolute Gasteiger partial charge is 0.187 e. The van der Waals surface area contributed by atoms with Gasteiger partial charge in [0.15, 0.2) is 5.13 Å². The van der Waals surface area contributed by atoms with Crippen molar-refractivity contribution in [1.82, 2.24) is 4.98 Å². The molecule has 1 fully saturated rings. The Hall–Kier alpha value is -0.320. The van der Waals surface area contributed by atoms with Gasteiger partial charge < -0.3 is 10.6 Å². The fourth-order valence-electron chi connectivity index (χ4n) is 2.05. The molecule has 0 aromatic carbocycles. The molecule has 17 heavy (non-hydrogen) atoms. The average molecular weight is 274 g/mol. The Morgan fingerprint density at radius 3 is 2.76 bits per heavy atom. The van der Waals surface area contributed by atoms with E-state index in [2.05, 4.69) is 16.8 Å². The molecular weight excluding hydrogens is 254 g/mol. The van der Waals surface area contributed by atoms with Crippen molar-refractivity contribution < 1.29 is 0 Å². The zero-order valence-electron chi connectivity index (χ0n) is 10.3. The van der Waals surface area contributed by atoms with Crippen LogP contribution in [0.15, 0.2) is 0 Å². The third-order valence-electron chi connectivity index (χ3n) is 3.24. The number of nitrogens with two attached hydrogens (primary N) is 1. The van der Waals surface area contributed by atoms with Gasteiger partial charge in [-0.05, 0) is 25.7 Å². The summed E-state index contributed by atoms with van der Waals surface area (Å²) in [5, 5.41) is 1.73. The Kier molecular flexibility index (Phi) is 4.65. The number of hydrogen-bond acceptors (Lipinski definition) is 4. The Bertz CT molecular complexity index is 361. The summed E-state index contributed by atoms with van der Waals surface area (Å²) in [6.07, 6.45) is 5.69. The molecule has 1 aliphatic heterocycles. The van der Waals surface area contributed by atoms with Gasteiger partial charge in [-0.3, -0.25) is 0 Å². The van der Waals surface area contributed by atoms with Gasteiger partial charge in [0.05, 0.1) is 0 Å². The van der Waals surface area contributed by atoms with Crippen molar-refractivity contribution in [2.24, 2.45) is 5.73 Å². The van der Waals surface area contributed by atoms with Gasteiger partial charge in [0, 0.05) is 30.4 Å². The van der Waals surface area contributed by atoms with E-state index in [0.717, 1.165) is 35.9 Å². The lowest BCUT2D eigenvalue weighted by Gasteiger charge is -2.25. The second-order valence-electron chi connectivity index (χ2n) is 4.63. The predicted molar refractivity (Wildman–Crippen MR) is 75.2 cm³/mol. The maximum Gasteiger partial charge on any atom is 0.187 e. The van der Waals surface area contributed by atoms with E-state index >= 15 is 0 Å². The zero-order chi connectivity index (χ0) is 12.3. The SMILES string of the molecule is CCC(N)Cc1sc(N2CCCCC2)nc1Cl. The first-order valence-corrected chi connectivity index (χ1v) is 7.56. The summed E-state index contributed by atoms with van der Waals surface area (Å²) in [5.41, 5.74) is 5.97. The lowest BCUT2D eigenvalue weighted by atomic mass is 10.1. The number of nitrogens with zero attached hydrogens (tertiary/aromatic N) is 2. The molecule has 5 heteroatoms. The summed E-state index contributed by atoms with van der Waals surface area (Å²) in [6.45, 7) is 4.33. The molecule has 0 amide bonds. The number of hydrogen-bond donors (Lipinski definition) is 1. The van der Waals surface area contributed by atoms with E-state index in [9.17, 15) is 0 Å². The molecule has 0 spiro atoms. The summed E-state index contributed by atoms with van der Waals surface area (Å²) < 4.78 is 0. The van der Waals surface area contributed by atoms with Crippen LogP contribution in [0.4, 0.5) is 5.13 Å². The highest BCUT2D eigenvalue weighted by Crippen LogP contribution is 2.32. The van der Waals surface area contributed by atoms with Crippen molar-refractivity contribution in [2.45, 2.75) is 45.1 Å². The Labute approximate surface area is 112 Å². The van der Waals surface area contributed by atoms with E-state index < -0.39 is 0 Å². The lowest BCUT2D eigenvalue weighted by Crippen LogP contribution is -2.29. The molecule has 1 unspecified atom stereocenters. The fourth-order valence-corrected chi connectivity index (χ4v) is 3.47. The Morgan fingerprint density at radius 1 is 1.41 bits per heavy atom. The van der Waals surface area contributed by atoms with Gasteiger partial charge in [0.1, 0.15) is 5.15 Å². The molecule has 3 nitrogen and oxygen atoms in total. The minimum atomic E-state index is 0.196. The molecule has 2 N–H and O–H groups in total. The summed E-state index contributed by atoms with van der Waals surface area (Å²) in [7, 11) is 0. The Balaban J connectivity index is 2.06. The van der Waals surface area contributed by atoms with Crippen LogP contribution in [0.3, 0.4) is 0 Å². The Morgan fingerprint density at radius 2 is 2.12 bits per heavy atom. The molecule has 1 aromatic heterocycles. The van der Waals surface area contributed by atoms with Gasteiger partial charge in [-0.15, -0.1) is 11.3 Å². The maximum atomic E-state index is 6.18. The number of halogens is 1. The molecule has 2 rings (SSSR count). The van der Waals surface area contributed by atoms with Gasteiger partial charge in [-0.25, -0.2) is 4.98 Å². The van der Waals surface area contributed by atoms with E-state index in [1.165, 1.54) is 19.3 Å². The van der Waals surface area contributed by atoms with Gasteiger partial charge in [0.2, 0.25) is 0 Å². The molecule has 1 aromatic rings. The fraction of sp³-hybridized carbons (Fsp3) is 0.750. The first-order chi connectivity index (χ1) is 8.20. The molecule has 96 valence electrons. The number of thiazole rings is 1. The van der Waals surface area contributed by atoms with Crippen LogP contribution in [0.5, 0.6) is 0 Å². The largest absolute Gasteiger partial charge is 0.348 e. The molecular formula is C12H20ClN3S. The van der Waals surface area contributed by atoms with Crippen molar-refractivity contribution in [2.75, 3.05) is 18.0 Å². The van der Waals surface area contributed by atoms with Gasteiger partial charge in [-0.2, -0.15) is 0 Å². The second kappa shape index (κ2) is 6.03. The first kappa shape index (κ1) is 13.1. The molecule has 0 radical (unpaired) electrons. The highest BCUT2D eigenvalue weighted by Gasteiger charge is 2.18. The van der Waals surface area contributed by atoms with Crippen molar-refractivity contribution >= 4 is 28.1 Å². The van der Waals surface area contributed by atoms with E-state index in [1.54, 1.807) is 11.3 Å². The van der Waals surface area contributed by atoms with Crippen molar-refractivity contribution in [3.05, 3.63) is 10.0 Å². The van der Waals surface area contributed by atoms with E-state index in [0.29, 0.717) is 5.15 Å². The number of aromatic nitrogens is 1. The standard InChI is InChI=1S/C12H20ClN3S/c1-2-9(14)8-10-11(13)15-12(17-10)16-6-4-3-5-7-16/h9H,2-8,14H2,1H3. The highest BCUT2D eigenvalue weighted by atomic mass is 35.5. The quantitative estimate of drug-likeness (QED) is 0.917. The van der Waals surface area contributed by atoms with Crippen LogP contribution in [-0.2, 0) is 6.42 Å². The maximum absolute atomic E-state index is 6.18. The summed E-state index contributed by atoms with van der Waals surface area (Å²) in [6, 6.07) is 0.196. The minimum absolute atomic E-state index is 0.196. The third kappa shape index (κ3) is 3.33. The van der Waals surface area contributed by atoms with Crippen LogP contribution in [0.2, 0.25) is 5.15 Å². The molecule has 1 aliphatic rings. The molecule has 1 saturated heterocycles. The van der Waals surface area contributed by atoms with Gasteiger partial charge in [-0.1, -0.05) is 18.5 Å². The minimum Gasteiger partial charge on any atom is -0.348 e. The van der Waals surface area contributed by atoms with Crippen LogP contribution in [0, 0.1) is 0 Å². The van der Waals surface area contributed by atoms with E-state index in [1.807, 2.05) is 0 Å². The molecule has 0 bridgehead atoms. The normalized spacial score (nSPS) is 18.4. The van der Waals surface area contributed by atoms with Gasteiger partial charge >= 0.3 is 0 Å². The number of piperidine rings is 1. The second-order valence-corrected chi connectivity index (χ2v) is 6.05. The topological polar surface area (TPSA) is 42.1 Å². The van der Waals surface area contributed by atoms with Crippen molar-refractivity contribution in [3.63, 3.8) is 0 Å². The highest BCUT2D eigenvalue weighted by molar-refractivity contribution is 7.16. The van der Waals surface area contributed by atoms with Crippen LogP contribution in [-0.4, -0.2) is 24.1 Å². The summed E-state index contributed by atoms with van der Waals surface area (Å²) in [5.74, 6) is 0. The number of rotatable bonds is 4. The molecule has 0 aliphatic carbocycles. The van der Waals surface area contributed by atoms with E-state index in [-0.39, 0.29) is 6.04 Å². The van der Waals surface area contributed by atoms with E-state index in [4.69, 9.17) is 17.3 Å². The predicted octanol–water partition coefficient (Wildman–Crippen LogP) is 3.07. The molecule has 2 heterocycles. The van der Waals surface area contributed by atoms with Crippen molar-refractivity contribution in [3.8, 4) is 0 Å². The number of anilines is 1. The van der Waals surface area contributed by atoms with Crippen LogP contribution in [0.1, 0.15) is 37.5 Å². The summed E-state index contributed by atoms with van der Waals surface area (Å²) >= 11 is 7.89. The molecule has 1 atom stereocenters. The van der Waals surface area contributed by atoms with Gasteiger partial charge in [0.25, 0.3) is 0 Å². The van der Waals surface area contributed by atoms with Crippen LogP contribution < -0.4 is 10.6 Å². The third-order valence-corrected chi connectivity index (χ3v) is 4.80. The first-order valence-electron chi connectivity index (χ1n) is 6.36. The zero-order valence-corrected chi connectivity index (χ0v) is 11.9. The molecule has 0 saturated carbocycles. The summed E-state index contributed by atoms with van der Waals surface area (Å²) in [4.78, 5) is 7.96. The van der Waals surface area contributed by atoms with Crippen LogP contribution >= 0.6 is 22.9 Å². The average Bonchev–Trinajstić information content (AvgIpc) is 2.72. The monoisotopic (exact) mass is 273 g/mol. The lowest BCUT2D eigenvalue weighted by molar-refractivity contribution is 0.577.